The van der Waals surface area contributed by atoms with E-state index < -0.39 is 15.1 Å². The van der Waals surface area contributed by atoms with Crippen molar-refractivity contribution in [3.63, 3.8) is 0 Å². The number of amides is 1. The summed E-state index contributed by atoms with van der Waals surface area (Å²) in [5.74, 6) is 0.151. The van der Waals surface area contributed by atoms with E-state index in [1.165, 1.54) is 5.56 Å². The van der Waals surface area contributed by atoms with E-state index in [0.29, 0.717) is 18.7 Å². The van der Waals surface area contributed by atoms with E-state index in [0.717, 1.165) is 0 Å². The molecule has 3 atom stereocenters. The van der Waals surface area contributed by atoms with Gasteiger partial charge in [-0.2, -0.15) is 0 Å². The van der Waals surface area contributed by atoms with E-state index in [1.807, 2.05) is 43.3 Å². The Bertz CT molecular complexity index is 763. The number of carbonyl (C=O) groups excluding carboxylic acids is 1. The molecule has 2 saturated heterocycles. The van der Waals surface area contributed by atoms with Crippen molar-refractivity contribution in [3.05, 3.63) is 35.4 Å². The number of benzene rings is 1. The van der Waals surface area contributed by atoms with Crippen LogP contribution < -0.4 is 0 Å². The quantitative estimate of drug-likeness (QED) is 0.803. The van der Waals surface area contributed by atoms with Crippen LogP contribution in [0.2, 0.25) is 0 Å². The molecule has 2 aliphatic heterocycles. The summed E-state index contributed by atoms with van der Waals surface area (Å²) in [7, 11) is 0.702. The Balaban J connectivity index is 1.79. The first-order valence-corrected chi connectivity index (χ1v) is 10.5. The Morgan fingerprint density at radius 1 is 1.12 bits per heavy atom. The van der Waals surface area contributed by atoms with Crippen molar-refractivity contribution in [3.8, 4) is 0 Å². The summed E-state index contributed by atoms with van der Waals surface area (Å²) in [5, 5.41) is -0.419. The molecule has 138 valence electrons. The van der Waals surface area contributed by atoms with Crippen LogP contribution in [0.1, 0.15) is 36.7 Å². The van der Waals surface area contributed by atoms with Gasteiger partial charge in [0.25, 0.3) is 5.91 Å². The predicted molar refractivity (Wildman–Crippen MR) is 99.6 cm³/mol. The second-order valence-electron chi connectivity index (χ2n) is 8.60. The normalized spacial score (nSPS) is 28.4. The van der Waals surface area contributed by atoms with Crippen LogP contribution in [-0.2, 0) is 15.3 Å². The molecule has 25 heavy (non-hydrogen) atoms. The second-order valence-corrected chi connectivity index (χ2v) is 10.9. The molecule has 1 aromatic carbocycles. The van der Waals surface area contributed by atoms with E-state index in [2.05, 4.69) is 20.8 Å². The molecule has 2 fully saturated rings. The fourth-order valence-electron chi connectivity index (χ4n) is 4.03. The van der Waals surface area contributed by atoms with Crippen molar-refractivity contribution in [2.45, 2.75) is 37.5 Å². The zero-order valence-electron chi connectivity index (χ0n) is 15.7. The highest BCUT2D eigenvalue weighted by atomic mass is 32.2. The minimum atomic E-state index is -3.13. The molecule has 6 heteroatoms. The summed E-state index contributed by atoms with van der Waals surface area (Å²) < 4.78 is 24.9. The van der Waals surface area contributed by atoms with Crippen LogP contribution in [0.15, 0.2) is 24.3 Å². The van der Waals surface area contributed by atoms with Crippen LogP contribution in [0.25, 0.3) is 0 Å². The van der Waals surface area contributed by atoms with Crippen LogP contribution in [0.3, 0.4) is 0 Å². The third-order valence-corrected chi connectivity index (χ3v) is 7.84. The topological polar surface area (TPSA) is 57.7 Å². The average Bonchev–Trinajstić information content (AvgIpc) is 3.05. The smallest absolute Gasteiger partial charge is 0.253 e. The highest BCUT2D eigenvalue weighted by Gasteiger charge is 2.53. The van der Waals surface area contributed by atoms with E-state index in [-0.39, 0.29) is 29.0 Å². The maximum Gasteiger partial charge on any atom is 0.253 e. The number of rotatable bonds is 2. The van der Waals surface area contributed by atoms with Gasteiger partial charge < -0.3 is 9.80 Å². The van der Waals surface area contributed by atoms with E-state index in [1.54, 1.807) is 4.90 Å². The number of hydrogen-bond donors (Lipinski definition) is 0. The molecule has 0 saturated carbocycles. The molecule has 5 nitrogen and oxygen atoms in total. The van der Waals surface area contributed by atoms with E-state index in [9.17, 15) is 13.2 Å². The number of nitrogens with zero attached hydrogens (tertiary/aromatic N) is 2. The number of hydrogen-bond acceptors (Lipinski definition) is 4. The van der Waals surface area contributed by atoms with Gasteiger partial charge in [0.2, 0.25) is 0 Å². The highest BCUT2D eigenvalue weighted by Crippen LogP contribution is 2.36. The Morgan fingerprint density at radius 3 is 2.24 bits per heavy atom. The molecule has 0 aliphatic carbocycles. The molecular formula is C19H28N2O3S. The summed E-state index contributed by atoms with van der Waals surface area (Å²) >= 11 is 0. The number of carbonyl (C=O) groups is 1. The van der Waals surface area contributed by atoms with Crippen LogP contribution in [-0.4, -0.2) is 68.4 Å². The molecule has 2 aliphatic rings. The zero-order valence-corrected chi connectivity index (χ0v) is 16.5. The largest absolute Gasteiger partial charge is 0.337 e. The highest BCUT2D eigenvalue weighted by molar-refractivity contribution is 7.92. The van der Waals surface area contributed by atoms with Crippen molar-refractivity contribution in [1.29, 1.82) is 0 Å². The fourth-order valence-corrected chi connectivity index (χ4v) is 6.50. The number of fused-ring (bicyclic) bond motifs is 1. The number of sulfone groups is 1. The first kappa shape index (κ1) is 18.4. The summed E-state index contributed by atoms with van der Waals surface area (Å²) in [5.41, 5.74) is 1.85. The molecule has 2 heterocycles. The SMILES string of the molecule is CN(C)[C@@H]1CS(=O)(=O)[C@H]2CN(C(=O)c3ccc(C(C)(C)C)cc3)C[C@@H]12. The Kier molecular flexibility index (Phi) is 4.48. The minimum absolute atomic E-state index is 0.00364. The molecule has 0 aromatic heterocycles. The average molecular weight is 365 g/mol. The lowest BCUT2D eigenvalue weighted by molar-refractivity contribution is 0.0779. The van der Waals surface area contributed by atoms with Gasteiger partial charge in [-0.15, -0.1) is 0 Å². The maximum atomic E-state index is 12.8. The summed E-state index contributed by atoms with van der Waals surface area (Å²) in [6.45, 7) is 7.25. The third-order valence-electron chi connectivity index (χ3n) is 5.62. The fraction of sp³-hybridized carbons (Fsp3) is 0.632. The van der Waals surface area contributed by atoms with Gasteiger partial charge in [0.1, 0.15) is 0 Å². The second kappa shape index (κ2) is 6.09. The molecule has 1 aromatic rings. The van der Waals surface area contributed by atoms with Gasteiger partial charge in [-0.05, 0) is 37.2 Å². The Hall–Kier alpha value is -1.40. The van der Waals surface area contributed by atoms with Gasteiger partial charge in [-0.25, -0.2) is 8.42 Å². The van der Waals surface area contributed by atoms with Gasteiger partial charge in [0, 0.05) is 30.6 Å². The minimum Gasteiger partial charge on any atom is -0.337 e. The van der Waals surface area contributed by atoms with E-state index in [4.69, 9.17) is 0 Å². The molecule has 0 spiro atoms. The van der Waals surface area contributed by atoms with Crippen molar-refractivity contribution >= 4 is 15.7 Å². The van der Waals surface area contributed by atoms with Gasteiger partial charge >= 0.3 is 0 Å². The van der Waals surface area contributed by atoms with Gasteiger partial charge in [0.05, 0.1) is 11.0 Å². The first-order valence-electron chi connectivity index (χ1n) is 8.78. The predicted octanol–water partition coefficient (Wildman–Crippen LogP) is 1.78. The maximum absolute atomic E-state index is 12.8. The van der Waals surface area contributed by atoms with Gasteiger partial charge in [0.15, 0.2) is 9.84 Å². The molecule has 3 rings (SSSR count). The lowest BCUT2D eigenvalue weighted by Gasteiger charge is -2.25. The van der Waals surface area contributed by atoms with Crippen molar-refractivity contribution in [2.24, 2.45) is 5.92 Å². The standard InChI is InChI=1S/C19H28N2O3S/c1-19(2,3)14-8-6-13(7-9-14)18(22)21-10-15-16(20(4)5)12-25(23,24)17(15)11-21/h6-9,15-17H,10-12H2,1-5H3/t15-,16+,17-/m0/s1. The molecule has 0 unspecified atom stereocenters. The number of likely N-dealkylation sites (tertiary alicyclic amines) is 1. The van der Waals surface area contributed by atoms with Crippen LogP contribution in [0.4, 0.5) is 0 Å². The van der Waals surface area contributed by atoms with Gasteiger partial charge in [-0.3, -0.25) is 4.79 Å². The molecule has 0 radical (unpaired) electrons. The zero-order chi connectivity index (χ0) is 18.6. The lowest BCUT2D eigenvalue weighted by atomic mass is 9.86. The molecular weight excluding hydrogens is 336 g/mol. The van der Waals surface area contributed by atoms with Crippen LogP contribution in [0.5, 0.6) is 0 Å². The summed E-state index contributed by atoms with van der Waals surface area (Å²) in [6.07, 6.45) is 0. The van der Waals surface area contributed by atoms with Crippen LogP contribution >= 0.6 is 0 Å². The third kappa shape index (κ3) is 3.34. The van der Waals surface area contributed by atoms with Crippen molar-refractivity contribution in [2.75, 3.05) is 32.9 Å². The summed E-state index contributed by atoms with van der Waals surface area (Å²) in [6, 6.07) is 7.69. The monoisotopic (exact) mass is 364 g/mol. The van der Waals surface area contributed by atoms with E-state index >= 15 is 0 Å². The lowest BCUT2D eigenvalue weighted by Crippen LogP contribution is -2.38. The molecule has 1 amide bonds. The van der Waals surface area contributed by atoms with Crippen LogP contribution in [0, 0.1) is 5.92 Å². The Labute approximate surface area is 150 Å². The van der Waals surface area contributed by atoms with Crippen molar-refractivity contribution in [1.82, 2.24) is 9.80 Å². The summed E-state index contributed by atoms with van der Waals surface area (Å²) in [4.78, 5) is 16.5. The van der Waals surface area contributed by atoms with Gasteiger partial charge in [-0.1, -0.05) is 32.9 Å². The molecule has 0 bridgehead atoms. The molecule has 0 N–H and O–H groups in total. The van der Waals surface area contributed by atoms with Crippen molar-refractivity contribution < 1.29 is 13.2 Å². The first-order chi connectivity index (χ1) is 11.5. The Morgan fingerprint density at radius 2 is 1.72 bits per heavy atom.